The normalized spacial score (nSPS) is 32.1. The number of hydrogen-bond donors (Lipinski definition) is 2. The zero-order valence-corrected chi connectivity index (χ0v) is 10.9. The molecule has 0 saturated carbocycles. The Bertz CT molecular complexity index is 449. The Balaban J connectivity index is 2.45. The predicted octanol–water partition coefficient (Wildman–Crippen LogP) is 0.286. The molecule has 18 heavy (non-hydrogen) atoms. The van der Waals surface area contributed by atoms with Gasteiger partial charge in [0, 0.05) is 5.41 Å². The van der Waals surface area contributed by atoms with Crippen molar-refractivity contribution in [1.29, 1.82) is 0 Å². The lowest BCUT2D eigenvalue weighted by molar-refractivity contribution is -0.139. The first-order valence-electron chi connectivity index (χ1n) is 5.87. The number of carbonyl (C=O) groups is 2. The number of aliphatic hydroxyl groups is 1. The molecule has 2 aliphatic heterocycles. The topological polar surface area (TPSA) is 92.9 Å². The first-order chi connectivity index (χ1) is 8.16. The maximum atomic E-state index is 12.2. The number of nitrogens with two attached hydrogens (primary N) is 1. The van der Waals surface area contributed by atoms with Crippen LogP contribution in [0, 0.1) is 5.41 Å². The first kappa shape index (κ1) is 12.9. The number of fused-ring (bicyclic) bond motifs is 1. The number of rotatable bonds is 1. The highest BCUT2D eigenvalue weighted by Crippen LogP contribution is 2.41. The average Bonchev–Trinajstić information content (AvgIpc) is 2.65. The number of ether oxygens (including phenoxy) is 1. The number of hydrogen-bond acceptors (Lipinski definition) is 4. The molecule has 3 atom stereocenters. The molecule has 0 unspecified atom stereocenters. The van der Waals surface area contributed by atoms with Crippen LogP contribution in [0.2, 0.25) is 0 Å². The van der Waals surface area contributed by atoms with Gasteiger partial charge in [-0.3, -0.25) is 14.5 Å². The standard InChI is InChI=1S/C12H18N2O4/c1-5-7-8(15)6(9(13)16)10(17)14(7)11(18-5)12(2,3)4/h5,7,11,15H,1-4H3,(H2,13,16)/t5-,7-,11-/m1/s1. The van der Waals surface area contributed by atoms with Crippen molar-refractivity contribution in [1.82, 2.24) is 4.90 Å². The van der Waals surface area contributed by atoms with Gasteiger partial charge in [0.05, 0.1) is 6.10 Å². The molecule has 2 amide bonds. The smallest absolute Gasteiger partial charge is 0.265 e. The van der Waals surface area contributed by atoms with E-state index in [1.54, 1.807) is 6.92 Å². The Morgan fingerprint density at radius 3 is 2.44 bits per heavy atom. The van der Waals surface area contributed by atoms with Gasteiger partial charge in [0.15, 0.2) is 0 Å². The molecule has 0 aromatic heterocycles. The Morgan fingerprint density at radius 2 is 2.00 bits per heavy atom. The second kappa shape index (κ2) is 3.71. The molecule has 0 aromatic rings. The highest BCUT2D eigenvalue weighted by atomic mass is 16.5. The van der Waals surface area contributed by atoms with Crippen molar-refractivity contribution in [3.63, 3.8) is 0 Å². The lowest BCUT2D eigenvalue weighted by Crippen LogP contribution is -2.45. The van der Waals surface area contributed by atoms with E-state index in [0.717, 1.165) is 0 Å². The lowest BCUT2D eigenvalue weighted by atomic mass is 9.93. The van der Waals surface area contributed by atoms with Crippen LogP contribution in [0.1, 0.15) is 27.7 Å². The van der Waals surface area contributed by atoms with Crippen LogP contribution >= 0.6 is 0 Å². The fraction of sp³-hybridized carbons (Fsp3) is 0.667. The summed E-state index contributed by atoms with van der Waals surface area (Å²) in [6.45, 7) is 7.55. The summed E-state index contributed by atoms with van der Waals surface area (Å²) in [7, 11) is 0. The van der Waals surface area contributed by atoms with Gasteiger partial charge in [-0.15, -0.1) is 0 Å². The van der Waals surface area contributed by atoms with Crippen molar-refractivity contribution in [2.24, 2.45) is 11.1 Å². The summed E-state index contributed by atoms with van der Waals surface area (Å²) in [5.74, 6) is -1.72. The van der Waals surface area contributed by atoms with E-state index in [0.29, 0.717) is 0 Å². The van der Waals surface area contributed by atoms with Crippen LogP contribution in [0.5, 0.6) is 0 Å². The van der Waals surface area contributed by atoms with E-state index in [4.69, 9.17) is 10.5 Å². The van der Waals surface area contributed by atoms with Crippen LogP contribution in [-0.4, -0.2) is 40.2 Å². The quantitative estimate of drug-likeness (QED) is 0.657. The van der Waals surface area contributed by atoms with Gasteiger partial charge >= 0.3 is 0 Å². The molecule has 0 radical (unpaired) electrons. The second-order valence-corrected chi connectivity index (χ2v) is 5.84. The second-order valence-electron chi connectivity index (χ2n) is 5.84. The van der Waals surface area contributed by atoms with Crippen LogP contribution in [0.15, 0.2) is 11.3 Å². The molecule has 2 rings (SSSR count). The summed E-state index contributed by atoms with van der Waals surface area (Å²) in [5, 5.41) is 9.99. The number of aliphatic hydroxyl groups excluding tert-OH is 1. The molecule has 0 bridgehead atoms. The maximum Gasteiger partial charge on any atom is 0.265 e. The van der Waals surface area contributed by atoms with E-state index in [1.165, 1.54) is 4.90 Å². The summed E-state index contributed by atoms with van der Waals surface area (Å²) in [4.78, 5) is 24.8. The van der Waals surface area contributed by atoms with Crippen molar-refractivity contribution in [3.8, 4) is 0 Å². The minimum atomic E-state index is -0.897. The Kier molecular flexibility index (Phi) is 2.66. The molecule has 2 aliphatic rings. The lowest BCUT2D eigenvalue weighted by Gasteiger charge is -2.32. The van der Waals surface area contributed by atoms with Gasteiger partial charge < -0.3 is 15.6 Å². The molecule has 0 spiro atoms. The molecule has 0 aliphatic carbocycles. The molecule has 2 heterocycles. The van der Waals surface area contributed by atoms with Crippen molar-refractivity contribution in [2.75, 3.05) is 0 Å². The van der Waals surface area contributed by atoms with Gasteiger partial charge in [0.25, 0.3) is 11.8 Å². The minimum absolute atomic E-state index is 0.272. The predicted molar refractivity (Wildman–Crippen MR) is 63.3 cm³/mol. The summed E-state index contributed by atoms with van der Waals surface area (Å²) in [6.07, 6.45) is -0.848. The van der Waals surface area contributed by atoms with Gasteiger partial charge in [0.2, 0.25) is 0 Å². The average molecular weight is 254 g/mol. The minimum Gasteiger partial charge on any atom is -0.509 e. The van der Waals surface area contributed by atoms with E-state index in [1.807, 2.05) is 20.8 Å². The SMILES string of the molecule is C[C@H]1O[C@H](C(C)(C)C)N2C(=O)C(C(N)=O)=C(O)[C@@H]12. The largest absolute Gasteiger partial charge is 0.509 e. The van der Waals surface area contributed by atoms with Crippen molar-refractivity contribution in [2.45, 2.75) is 46.1 Å². The number of amides is 2. The zero-order valence-electron chi connectivity index (χ0n) is 10.9. The van der Waals surface area contributed by atoms with Gasteiger partial charge in [0.1, 0.15) is 23.6 Å². The van der Waals surface area contributed by atoms with E-state index in [2.05, 4.69) is 0 Å². The molecule has 6 heteroatoms. The third-order valence-electron chi connectivity index (χ3n) is 3.31. The van der Waals surface area contributed by atoms with Crippen molar-refractivity contribution >= 4 is 11.8 Å². The molecule has 1 saturated heterocycles. The molecule has 100 valence electrons. The Morgan fingerprint density at radius 1 is 1.44 bits per heavy atom. The molecule has 6 nitrogen and oxygen atoms in total. The molecule has 0 aromatic carbocycles. The molecular weight excluding hydrogens is 236 g/mol. The number of carbonyl (C=O) groups excluding carboxylic acids is 2. The van der Waals surface area contributed by atoms with Gasteiger partial charge in [-0.05, 0) is 6.92 Å². The Labute approximate surface area is 105 Å². The van der Waals surface area contributed by atoms with Crippen LogP contribution in [0.25, 0.3) is 0 Å². The maximum absolute atomic E-state index is 12.2. The fourth-order valence-corrected chi connectivity index (χ4v) is 2.54. The summed E-state index contributed by atoms with van der Waals surface area (Å²) in [6, 6.07) is -0.607. The Hall–Kier alpha value is -1.56. The highest BCUT2D eigenvalue weighted by Gasteiger charge is 2.55. The molecule has 3 N–H and O–H groups in total. The fourth-order valence-electron chi connectivity index (χ4n) is 2.54. The van der Waals surface area contributed by atoms with Gasteiger partial charge in [-0.1, -0.05) is 20.8 Å². The van der Waals surface area contributed by atoms with E-state index < -0.39 is 24.1 Å². The zero-order chi connectivity index (χ0) is 13.8. The van der Waals surface area contributed by atoms with E-state index in [-0.39, 0.29) is 22.9 Å². The van der Waals surface area contributed by atoms with Crippen LogP contribution in [-0.2, 0) is 14.3 Å². The van der Waals surface area contributed by atoms with Gasteiger partial charge in [-0.2, -0.15) is 0 Å². The van der Waals surface area contributed by atoms with Crippen molar-refractivity contribution in [3.05, 3.63) is 11.3 Å². The molecular formula is C12H18N2O4. The highest BCUT2D eigenvalue weighted by molar-refractivity contribution is 6.20. The number of primary amides is 1. The van der Waals surface area contributed by atoms with Crippen LogP contribution in [0.4, 0.5) is 0 Å². The molecule has 1 fully saturated rings. The third kappa shape index (κ3) is 1.59. The van der Waals surface area contributed by atoms with E-state index in [9.17, 15) is 14.7 Å². The van der Waals surface area contributed by atoms with E-state index >= 15 is 0 Å². The number of nitrogens with zero attached hydrogens (tertiary/aromatic N) is 1. The van der Waals surface area contributed by atoms with Gasteiger partial charge in [-0.25, -0.2) is 0 Å². The van der Waals surface area contributed by atoms with Crippen LogP contribution in [0.3, 0.4) is 0 Å². The summed E-state index contributed by atoms with van der Waals surface area (Å²) in [5.41, 5.74) is 4.51. The van der Waals surface area contributed by atoms with Crippen LogP contribution < -0.4 is 5.73 Å². The monoisotopic (exact) mass is 254 g/mol. The summed E-state index contributed by atoms with van der Waals surface area (Å²) < 4.78 is 5.72. The summed E-state index contributed by atoms with van der Waals surface area (Å²) >= 11 is 0. The first-order valence-corrected chi connectivity index (χ1v) is 5.87. The third-order valence-corrected chi connectivity index (χ3v) is 3.31. The van der Waals surface area contributed by atoms with Crippen molar-refractivity contribution < 1.29 is 19.4 Å².